The molecular formula is C21H24FN5O3. The van der Waals surface area contributed by atoms with Crippen molar-refractivity contribution in [3.63, 3.8) is 0 Å². The molecule has 3 heterocycles. The van der Waals surface area contributed by atoms with Crippen molar-refractivity contribution in [1.29, 1.82) is 0 Å². The van der Waals surface area contributed by atoms with Gasteiger partial charge in [-0.25, -0.2) is 14.2 Å². The molecule has 1 aromatic heterocycles. The molecule has 2 fully saturated rings. The van der Waals surface area contributed by atoms with Crippen molar-refractivity contribution in [2.75, 3.05) is 42.6 Å². The van der Waals surface area contributed by atoms with Gasteiger partial charge in [0.25, 0.3) is 5.91 Å². The summed E-state index contributed by atoms with van der Waals surface area (Å²) >= 11 is 0. The van der Waals surface area contributed by atoms with Gasteiger partial charge in [-0.2, -0.15) is 0 Å². The molecule has 1 unspecified atom stereocenters. The molecule has 2 amide bonds. The highest BCUT2D eigenvalue weighted by Gasteiger charge is 2.32. The lowest BCUT2D eigenvalue weighted by Gasteiger charge is -2.36. The molecule has 0 bridgehead atoms. The number of aryl methyl sites for hydroxylation is 2. The third-order valence-corrected chi connectivity index (χ3v) is 5.45. The van der Waals surface area contributed by atoms with Crippen LogP contribution in [0.5, 0.6) is 0 Å². The summed E-state index contributed by atoms with van der Waals surface area (Å²) in [7, 11) is 0. The number of piperazine rings is 1. The molecule has 2 aliphatic heterocycles. The molecule has 0 spiro atoms. The molecule has 1 aromatic carbocycles. The molecule has 158 valence electrons. The zero-order chi connectivity index (χ0) is 21.4. The summed E-state index contributed by atoms with van der Waals surface area (Å²) in [5.41, 5.74) is 2.10. The maximum absolute atomic E-state index is 14.7. The largest absolute Gasteiger partial charge is 0.447 e. The smallest absolute Gasteiger partial charge is 0.414 e. The van der Waals surface area contributed by atoms with E-state index in [-0.39, 0.29) is 24.1 Å². The zero-order valence-electron chi connectivity index (χ0n) is 17.3. The Morgan fingerprint density at radius 3 is 2.53 bits per heavy atom. The van der Waals surface area contributed by atoms with Crippen LogP contribution < -0.4 is 9.80 Å². The van der Waals surface area contributed by atoms with Gasteiger partial charge in [-0.1, -0.05) is 0 Å². The molecule has 8 nitrogen and oxygen atoms in total. The lowest BCUT2D eigenvalue weighted by molar-refractivity contribution is 0.0742. The average Bonchev–Trinajstić information content (AvgIpc) is 3.06. The normalized spacial score (nSPS) is 19.3. The van der Waals surface area contributed by atoms with Crippen molar-refractivity contribution in [2.45, 2.75) is 26.8 Å². The Morgan fingerprint density at radius 2 is 1.93 bits per heavy atom. The first-order chi connectivity index (χ1) is 14.3. The molecular weight excluding hydrogens is 389 g/mol. The number of hydrogen-bond donors (Lipinski definition) is 0. The Hall–Kier alpha value is -3.23. The molecule has 2 saturated heterocycles. The van der Waals surface area contributed by atoms with Gasteiger partial charge in [0.15, 0.2) is 0 Å². The van der Waals surface area contributed by atoms with Crippen LogP contribution in [0.2, 0.25) is 0 Å². The van der Waals surface area contributed by atoms with Crippen LogP contribution in [0.15, 0.2) is 24.4 Å². The molecule has 0 N–H and O–H groups in total. The van der Waals surface area contributed by atoms with Gasteiger partial charge >= 0.3 is 6.09 Å². The number of carbonyl (C=O) groups excluding carboxylic acids is 2. The SMILES string of the molecule is Cc1cnc(N2CCN(C(=O)c3ccc(N4C(=O)OCC4C)cc3F)CC2)c(C)n1. The lowest BCUT2D eigenvalue weighted by Crippen LogP contribution is -2.49. The van der Waals surface area contributed by atoms with Crippen LogP contribution in [0, 0.1) is 19.7 Å². The number of ether oxygens (including phenoxy) is 1. The van der Waals surface area contributed by atoms with Gasteiger partial charge in [0.2, 0.25) is 0 Å². The second kappa shape index (κ2) is 7.89. The number of anilines is 2. The number of aromatic nitrogens is 2. The highest BCUT2D eigenvalue weighted by atomic mass is 19.1. The number of halogens is 1. The quantitative estimate of drug-likeness (QED) is 0.770. The molecule has 30 heavy (non-hydrogen) atoms. The number of cyclic esters (lactones) is 1. The van der Waals surface area contributed by atoms with Crippen molar-refractivity contribution < 1.29 is 18.7 Å². The summed E-state index contributed by atoms with van der Waals surface area (Å²) in [5.74, 6) is -0.190. The van der Waals surface area contributed by atoms with E-state index in [4.69, 9.17) is 4.74 Å². The Labute approximate surface area is 174 Å². The molecule has 4 rings (SSSR count). The first kappa shape index (κ1) is 20.1. The van der Waals surface area contributed by atoms with Crippen molar-refractivity contribution in [3.8, 4) is 0 Å². The number of nitrogens with zero attached hydrogens (tertiary/aromatic N) is 5. The highest BCUT2D eigenvalue weighted by molar-refractivity contribution is 5.96. The minimum Gasteiger partial charge on any atom is -0.447 e. The van der Waals surface area contributed by atoms with E-state index >= 15 is 0 Å². The lowest BCUT2D eigenvalue weighted by atomic mass is 10.1. The molecule has 0 saturated carbocycles. The minimum absolute atomic E-state index is 0.00118. The standard InChI is InChI=1S/C21H24FN5O3/c1-13-11-23-19(15(3)24-13)25-6-8-26(9-7-25)20(28)17-5-4-16(10-18(17)22)27-14(2)12-30-21(27)29/h4-5,10-11,14H,6-9,12H2,1-3H3. The molecule has 1 atom stereocenters. The van der Waals surface area contributed by atoms with Crippen molar-refractivity contribution in [2.24, 2.45) is 0 Å². The van der Waals surface area contributed by atoms with E-state index in [1.807, 2.05) is 20.8 Å². The van der Waals surface area contributed by atoms with E-state index in [0.717, 1.165) is 17.2 Å². The van der Waals surface area contributed by atoms with Gasteiger partial charge in [0.05, 0.1) is 34.9 Å². The summed E-state index contributed by atoms with van der Waals surface area (Å²) in [6.45, 7) is 8.02. The predicted octanol–water partition coefficient (Wildman–Crippen LogP) is 2.54. The number of amides is 2. The molecule has 0 aliphatic carbocycles. The molecule has 0 radical (unpaired) electrons. The van der Waals surface area contributed by atoms with Gasteiger partial charge in [-0.15, -0.1) is 0 Å². The van der Waals surface area contributed by atoms with Crippen LogP contribution in [-0.2, 0) is 4.74 Å². The van der Waals surface area contributed by atoms with E-state index < -0.39 is 11.9 Å². The summed E-state index contributed by atoms with van der Waals surface area (Å²) < 4.78 is 19.7. The van der Waals surface area contributed by atoms with Crippen LogP contribution >= 0.6 is 0 Å². The van der Waals surface area contributed by atoms with Crippen LogP contribution in [0.1, 0.15) is 28.7 Å². The first-order valence-corrected chi connectivity index (χ1v) is 9.95. The fourth-order valence-electron chi connectivity index (χ4n) is 3.90. The van der Waals surface area contributed by atoms with Crippen molar-refractivity contribution >= 4 is 23.5 Å². The fraction of sp³-hybridized carbons (Fsp3) is 0.429. The monoisotopic (exact) mass is 413 g/mol. The molecule has 9 heteroatoms. The number of carbonyl (C=O) groups is 2. The highest BCUT2D eigenvalue weighted by Crippen LogP contribution is 2.26. The van der Waals surface area contributed by atoms with Crippen molar-refractivity contribution in [3.05, 3.63) is 47.2 Å². The van der Waals surface area contributed by atoms with Gasteiger partial charge in [0, 0.05) is 26.2 Å². The number of hydrogen-bond acceptors (Lipinski definition) is 6. The zero-order valence-corrected chi connectivity index (χ0v) is 17.3. The Bertz CT molecular complexity index is 991. The van der Waals surface area contributed by atoms with Crippen LogP contribution in [-0.4, -0.2) is 65.7 Å². The second-order valence-electron chi connectivity index (χ2n) is 7.66. The predicted molar refractivity (Wildman–Crippen MR) is 109 cm³/mol. The third kappa shape index (κ3) is 3.67. The van der Waals surface area contributed by atoms with E-state index in [1.165, 1.54) is 17.0 Å². The number of rotatable bonds is 3. The topological polar surface area (TPSA) is 78.9 Å². The summed E-state index contributed by atoms with van der Waals surface area (Å²) in [6, 6.07) is 4.06. The van der Waals surface area contributed by atoms with Crippen LogP contribution in [0.4, 0.5) is 20.7 Å². The summed E-state index contributed by atoms with van der Waals surface area (Å²) in [4.78, 5) is 38.7. The summed E-state index contributed by atoms with van der Waals surface area (Å²) in [5, 5.41) is 0. The molecule has 2 aromatic rings. The maximum atomic E-state index is 14.7. The number of benzene rings is 1. The Morgan fingerprint density at radius 1 is 1.20 bits per heavy atom. The van der Waals surface area contributed by atoms with E-state index in [2.05, 4.69) is 14.9 Å². The summed E-state index contributed by atoms with van der Waals surface area (Å²) in [6.07, 6.45) is 1.22. The Kier molecular flexibility index (Phi) is 5.27. The molecule has 2 aliphatic rings. The van der Waals surface area contributed by atoms with E-state index in [9.17, 15) is 14.0 Å². The van der Waals surface area contributed by atoms with Gasteiger partial charge in [0.1, 0.15) is 18.2 Å². The van der Waals surface area contributed by atoms with Gasteiger partial charge < -0.3 is 14.5 Å². The maximum Gasteiger partial charge on any atom is 0.414 e. The third-order valence-electron chi connectivity index (χ3n) is 5.45. The van der Waals surface area contributed by atoms with E-state index in [1.54, 1.807) is 17.2 Å². The van der Waals surface area contributed by atoms with Crippen molar-refractivity contribution in [1.82, 2.24) is 14.9 Å². The van der Waals surface area contributed by atoms with Crippen LogP contribution in [0.3, 0.4) is 0 Å². The minimum atomic E-state index is -0.646. The average molecular weight is 413 g/mol. The van der Waals surface area contributed by atoms with Gasteiger partial charge in [-0.05, 0) is 39.0 Å². The second-order valence-corrected chi connectivity index (χ2v) is 7.66. The van der Waals surface area contributed by atoms with Crippen LogP contribution in [0.25, 0.3) is 0 Å². The first-order valence-electron chi connectivity index (χ1n) is 9.95. The fourth-order valence-corrected chi connectivity index (χ4v) is 3.90. The van der Waals surface area contributed by atoms with Gasteiger partial charge in [-0.3, -0.25) is 14.7 Å². The Balaban J connectivity index is 1.45. The van der Waals surface area contributed by atoms with E-state index in [0.29, 0.717) is 31.9 Å².